The van der Waals surface area contributed by atoms with E-state index in [2.05, 4.69) is 5.32 Å². The summed E-state index contributed by atoms with van der Waals surface area (Å²) in [6.07, 6.45) is 5.24. The smallest absolute Gasteiger partial charge is 0.409 e. The van der Waals surface area contributed by atoms with Gasteiger partial charge in [-0.05, 0) is 24.5 Å². The third-order valence-corrected chi connectivity index (χ3v) is 6.08. The summed E-state index contributed by atoms with van der Waals surface area (Å²) in [6, 6.07) is 17.3. The highest BCUT2D eigenvalue weighted by Crippen LogP contribution is 2.32. The lowest BCUT2D eigenvalue weighted by atomic mass is 9.89. The predicted molar refractivity (Wildman–Crippen MR) is 121 cm³/mol. The molecule has 0 unspecified atom stereocenters. The van der Waals surface area contributed by atoms with Crippen LogP contribution in [0.25, 0.3) is 0 Å². The molecule has 2 aromatic rings. The molecule has 31 heavy (non-hydrogen) atoms. The van der Waals surface area contributed by atoms with Gasteiger partial charge in [0.05, 0.1) is 11.4 Å². The van der Waals surface area contributed by atoms with Gasteiger partial charge in [0.15, 0.2) is 0 Å². The molecule has 2 aliphatic rings. The van der Waals surface area contributed by atoms with Crippen LogP contribution < -0.4 is 10.2 Å². The van der Waals surface area contributed by atoms with Crippen LogP contribution in [0.2, 0.25) is 0 Å². The number of ether oxygens (including phenoxy) is 1. The van der Waals surface area contributed by atoms with E-state index in [-0.39, 0.29) is 18.4 Å². The second-order valence-electron chi connectivity index (χ2n) is 8.23. The van der Waals surface area contributed by atoms with E-state index in [0.29, 0.717) is 0 Å². The number of fused-ring (bicyclic) bond motifs is 1. The van der Waals surface area contributed by atoms with Crippen LogP contribution in [0.1, 0.15) is 49.7 Å². The van der Waals surface area contributed by atoms with Crippen molar-refractivity contribution in [3.05, 3.63) is 65.7 Å². The topological polar surface area (TPSA) is 71.0 Å². The van der Waals surface area contributed by atoms with Gasteiger partial charge < -0.3 is 9.64 Å². The van der Waals surface area contributed by atoms with Crippen molar-refractivity contribution in [2.75, 3.05) is 11.9 Å². The molecular formula is C25H29N3O3. The van der Waals surface area contributed by atoms with E-state index < -0.39 is 12.3 Å². The zero-order valence-electron chi connectivity index (χ0n) is 17.9. The van der Waals surface area contributed by atoms with Crippen molar-refractivity contribution >= 4 is 23.4 Å². The average Bonchev–Trinajstić information content (AvgIpc) is 3.13. The Morgan fingerprint density at radius 2 is 1.71 bits per heavy atom. The summed E-state index contributed by atoms with van der Waals surface area (Å²) in [4.78, 5) is 32.1. The van der Waals surface area contributed by atoms with Crippen LogP contribution in [0.5, 0.6) is 0 Å². The first-order valence-corrected chi connectivity index (χ1v) is 11.1. The first-order chi connectivity index (χ1) is 15.1. The Morgan fingerprint density at radius 3 is 2.45 bits per heavy atom. The fourth-order valence-corrected chi connectivity index (χ4v) is 4.40. The summed E-state index contributed by atoms with van der Waals surface area (Å²) in [7, 11) is 1.73. The van der Waals surface area contributed by atoms with Crippen molar-refractivity contribution in [2.45, 2.75) is 51.3 Å². The largest absolute Gasteiger partial charge is 0.445 e. The molecule has 1 N–H and O–H groups in total. The number of benzene rings is 2. The molecule has 1 heterocycles. The molecular weight excluding hydrogens is 390 g/mol. The molecule has 1 atom stereocenters. The van der Waals surface area contributed by atoms with E-state index >= 15 is 0 Å². The van der Waals surface area contributed by atoms with Gasteiger partial charge in [-0.25, -0.2) is 4.79 Å². The summed E-state index contributed by atoms with van der Waals surface area (Å²) < 4.78 is 5.34. The number of carbonyl (C=O) groups is 2. The first-order valence-electron chi connectivity index (χ1n) is 11.1. The number of hydrogen-bond acceptors (Lipinski definition) is 4. The van der Waals surface area contributed by atoms with Gasteiger partial charge in [-0.1, -0.05) is 74.2 Å². The molecule has 1 fully saturated rings. The third kappa shape index (κ3) is 4.95. The highest BCUT2D eigenvalue weighted by molar-refractivity contribution is 6.13. The van der Waals surface area contributed by atoms with E-state index in [0.717, 1.165) is 48.2 Å². The van der Waals surface area contributed by atoms with Gasteiger partial charge in [0, 0.05) is 18.5 Å². The Bertz CT molecular complexity index is 949. The maximum Gasteiger partial charge on any atom is 0.409 e. The van der Waals surface area contributed by atoms with E-state index in [1.807, 2.05) is 54.6 Å². The summed E-state index contributed by atoms with van der Waals surface area (Å²) in [5, 5.41) is 2.69. The maximum absolute atomic E-state index is 13.2. The average molecular weight is 420 g/mol. The van der Waals surface area contributed by atoms with Gasteiger partial charge in [-0.3, -0.25) is 15.1 Å². The highest BCUT2D eigenvalue weighted by Gasteiger charge is 2.33. The van der Waals surface area contributed by atoms with Gasteiger partial charge in [0.25, 0.3) is 5.91 Å². The van der Waals surface area contributed by atoms with Crippen molar-refractivity contribution in [1.29, 1.82) is 0 Å². The van der Waals surface area contributed by atoms with Crippen LogP contribution in [-0.2, 0) is 16.1 Å². The number of carbonyl (C=O) groups excluding carboxylic acids is 2. The quantitative estimate of drug-likeness (QED) is 0.732. The van der Waals surface area contributed by atoms with Crippen molar-refractivity contribution in [3.8, 4) is 0 Å². The molecule has 6 heteroatoms. The number of benzodiazepines with no additional fused rings is 1. The molecule has 0 spiro atoms. The van der Waals surface area contributed by atoms with Gasteiger partial charge >= 0.3 is 6.09 Å². The third-order valence-electron chi connectivity index (χ3n) is 6.08. The highest BCUT2D eigenvalue weighted by atomic mass is 16.5. The number of rotatable bonds is 4. The Morgan fingerprint density at radius 1 is 1.03 bits per heavy atom. The van der Waals surface area contributed by atoms with Gasteiger partial charge in [-0.15, -0.1) is 0 Å². The van der Waals surface area contributed by atoms with Crippen LogP contribution in [-0.4, -0.2) is 30.9 Å². The normalized spacial score (nSPS) is 19.6. The van der Waals surface area contributed by atoms with Crippen molar-refractivity contribution in [3.63, 3.8) is 0 Å². The van der Waals surface area contributed by atoms with Crippen LogP contribution in [0.15, 0.2) is 59.6 Å². The second-order valence-corrected chi connectivity index (χ2v) is 8.23. The van der Waals surface area contributed by atoms with Gasteiger partial charge in [0.1, 0.15) is 6.61 Å². The molecule has 0 bridgehead atoms. The minimum absolute atomic E-state index is 0.142. The fourth-order valence-electron chi connectivity index (χ4n) is 4.40. The zero-order valence-corrected chi connectivity index (χ0v) is 17.9. The van der Waals surface area contributed by atoms with Crippen molar-refractivity contribution < 1.29 is 14.3 Å². The molecule has 6 nitrogen and oxygen atoms in total. The van der Waals surface area contributed by atoms with E-state index in [1.165, 1.54) is 12.8 Å². The number of nitrogens with one attached hydrogen (secondary N) is 1. The number of hydrogen-bond donors (Lipinski definition) is 1. The second kappa shape index (κ2) is 9.77. The molecule has 1 saturated carbocycles. The SMILES string of the molecule is CN1C(=O)[C@@H](NC(=O)OCc2ccccc2)N=C(C2CCCCCC2)c2ccccc21. The number of likely N-dealkylation sites (N-methyl/N-ethyl adjacent to an activating group) is 1. The summed E-state index contributed by atoms with van der Waals surface area (Å²) in [5.74, 6) is 0.0142. The predicted octanol–water partition coefficient (Wildman–Crippen LogP) is 4.68. The van der Waals surface area contributed by atoms with Crippen molar-refractivity contribution in [2.24, 2.45) is 10.9 Å². The summed E-state index contributed by atoms with van der Waals surface area (Å²) >= 11 is 0. The van der Waals surface area contributed by atoms with E-state index in [9.17, 15) is 9.59 Å². The van der Waals surface area contributed by atoms with Gasteiger partial charge in [0.2, 0.25) is 6.17 Å². The van der Waals surface area contributed by atoms with E-state index in [1.54, 1.807) is 11.9 Å². The van der Waals surface area contributed by atoms with Crippen LogP contribution >= 0.6 is 0 Å². The Kier molecular flexibility index (Phi) is 6.65. The summed E-state index contributed by atoms with van der Waals surface area (Å²) in [6.45, 7) is 0.142. The fraction of sp³-hybridized carbons (Fsp3) is 0.400. The molecule has 4 rings (SSSR count). The van der Waals surface area contributed by atoms with Crippen LogP contribution in [0.3, 0.4) is 0 Å². The van der Waals surface area contributed by atoms with Crippen LogP contribution in [0, 0.1) is 5.92 Å². The lowest BCUT2D eigenvalue weighted by Gasteiger charge is -2.21. The molecule has 2 amide bonds. The number of para-hydroxylation sites is 1. The minimum atomic E-state index is -1.00. The lowest BCUT2D eigenvalue weighted by Crippen LogP contribution is -2.46. The molecule has 0 aromatic heterocycles. The summed E-state index contributed by atoms with van der Waals surface area (Å²) in [5.41, 5.74) is 3.62. The Hall–Kier alpha value is -3.15. The number of alkyl carbamates (subject to hydrolysis) is 1. The molecule has 0 radical (unpaired) electrons. The van der Waals surface area contributed by atoms with Crippen molar-refractivity contribution in [1.82, 2.24) is 5.32 Å². The molecule has 162 valence electrons. The first kappa shape index (κ1) is 21.1. The van der Waals surface area contributed by atoms with Crippen LogP contribution in [0.4, 0.5) is 10.5 Å². The number of nitrogens with zero attached hydrogens (tertiary/aromatic N) is 2. The number of amides is 2. The number of aliphatic imine (C=N–C) groups is 1. The van der Waals surface area contributed by atoms with E-state index in [4.69, 9.17) is 9.73 Å². The zero-order chi connectivity index (χ0) is 21.6. The monoisotopic (exact) mass is 419 g/mol. The number of anilines is 1. The minimum Gasteiger partial charge on any atom is -0.445 e. The Labute approximate surface area is 183 Å². The van der Waals surface area contributed by atoms with Gasteiger partial charge in [-0.2, -0.15) is 0 Å². The molecule has 1 aliphatic carbocycles. The molecule has 0 saturated heterocycles. The maximum atomic E-state index is 13.2. The molecule has 2 aromatic carbocycles. The standard InChI is InChI=1S/C25H29N3O3/c1-28-21-16-10-9-15-20(21)22(19-13-7-2-3-8-14-19)26-23(24(28)29)27-25(30)31-17-18-11-5-4-6-12-18/h4-6,9-12,15-16,19,23H,2-3,7-8,13-14,17H2,1H3,(H,27,30)/t23-/m1/s1. The lowest BCUT2D eigenvalue weighted by molar-refractivity contribution is -0.120. The molecule has 1 aliphatic heterocycles. The Balaban J connectivity index is 1.58.